The second-order valence-corrected chi connectivity index (χ2v) is 3.08. The fraction of sp³-hybridized carbons (Fsp3) is 0.250. The van der Waals surface area contributed by atoms with E-state index in [-0.39, 0.29) is 6.42 Å². The van der Waals surface area contributed by atoms with E-state index in [9.17, 15) is 4.79 Å². The molecule has 1 rings (SSSR count). The standard InChI is InChI=1S/C12H14O3/c1-3-15-9(2)11-7-5-4-6-10(11)8-12(13)14/h4-7H,2-3,8H2,1H3,(H,13,14). The van der Waals surface area contributed by atoms with Crippen LogP contribution in [0.1, 0.15) is 18.1 Å². The third kappa shape index (κ3) is 3.13. The Bertz CT molecular complexity index is 369. The first-order valence-electron chi connectivity index (χ1n) is 4.77. The van der Waals surface area contributed by atoms with E-state index in [4.69, 9.17) is 9.84 Å². The average molecular weight is 206 g/mol. The van der Waals surface area contributed by atoms with Crippen molar-refractivity contribution < 1.29 is 14.6 Å². The van der Waals surface area contributed by atoms with E-state index in [1.54, 1.807) is 12.1 Å². The van der Waals surface area contributed by atoms with E-state index < -0.39 is 5.97 Å². The highest BCUT2D eigenvalue weighted by molar-refractivity contribution is 5.73. The molecule has 0 unspecified atom stereocenters. The van der Waals surface area contributed by atoms with E-state index in [0.717, 1.165) is 11.1 Å². The summed E-state index contributed by atoms with van der Waals surface area (Å²) in [7, 11) is 0. The van der Waals surface area contributed by atoms with E-state index >= 15 is 0 Å². The van der Waals surface area contributed by atoms with Crippen molar-refractivity contribution in [3.8, 4) is 0 Å². The summed E-state index contributed by atoms with van der Waals surface area (Å²) in [5.74, 6) is -0.332. The van der Waals surface area contributed by atoms with E-state index in [2.05, 4.69) is 6.58 Å². The number of ether oxygens (including phenoxy) is 1. The number of benzene rings is 1. The van der Waals surface area contributed by atoms with Crippen molar-refractivity contribution in [3.05, 3.63) is 42.0 Å². The quantitative estimate of drug-likeness (QED) is 0.752. The molecular weight excluding hydrogens is 192 g/mol. The van der Waals surface area contributed by atoms with Crippen molar-refractivity contribution in [1.29, 1.82) is 0 Å². The van der Waals surface area contributed by atoms with Crippen LogP contribution in [0.4, 0.5) is 0 Å². The molecule has 1 aromatic carbocycles. The highest BCUT2D eigenvalue weighted by atomic mass is 16.5. The fourth-order valence-electron chi connectivity index (χ4n) is 1.36. The Morgan fingerprint density at radius 2 is 2.13 bits per heavy atom. The molecule has 0 spiro atoms. The zero-order chi connectivity index (χ0) is 11.3. The predicted molar refractivity (Wildman–Crippen MR) is 58.4 cm³/mol. The molecule has 1 aromatic rings. The Morgan fingerprint density at radius 1 is 1.47 bits per heavy atom. The van der Waals surface area contributed by atoms with Gasteiger partial charge in [-0.15, -0.1) is 0 Å². The van der Waals surface area contributed by atoms with Crippen LogP contribution in [-0.4, -0.2) is 17.7 Å². The first-order chi connectivity index (χ1) is 7.15. The summed E-state index contributed by atoms with van der Waals surface area (Å²) in [6.45, 7) is 6.16. The molecule has 0 radical (unpaired) electrons. The lowest BCUT2D eigenvalue weighted by atomic mass is 10.0. The summed E-state index contributed by atoms with van der Waals surface area (Å²) in [5, 5.41) is 8.73. The first-order valence-corrected chi connectivity index (χ1v) is 4.77. The van der Waals surface area contributed by atoms with Gasteiger partial charge in [0.1, 0.15) is 5.76 Å². The molecular formula is C12H14O3. The zero-order valence-electron chi connectivity index (χ0n) is 8.69. The van der Waals surface area contributed by atoms with Gasteiger partial charge in [-0.1, -0.05) is 30.8 Å². The lowest BCUT2D eigenvalue weighted by Crippen LogP contribution is -2.04. The van der Waals surface area contributed by atoms with E-state index in [1.807, 2.05) is 19.1 Å². The average Bonchev–Trinajstić information content (AvgIpc) is 2.18. The Hall–Kier alpha value is -1.77. The molecule has 0 atom stereocenters. The lowest BCUT2D eigenvalue weighted by molar-refractivity contribution is -0.136. The summed E-state index contributed by atoms with van der Waals surface area (Å²) in [6, 6.07) is 7.23. The van der Waals surface area contributed by atoms with Crippen molar-refractivity contribution in [3.63, 3.8) is 0 Å². The second-order valence-electron chi connectivity index (χ2n) is 3.08. The molecule has 3 heteroatoms. The molecule has 0 heterocycles. The summed E-state index contributed by atoms with van der Waals surface area (Å²) in [6.07, 6.45) is -0.0116. The Balaban J connectivity index is 2.95. The molecule has 0 saturated carbocycles. The molecule has 0 aliphatic carbocycles. The summed E-state index contributed by atoms with van der Waals surface area (Å²) in [5.41, 5.74) is 1.49. The number of carbonyl (C=O) groups is 1. The van der Waals surface area contributed by atoms with Crippen LogP contribution in [0, 0.1) is 0 Å². The fourth-order valence-corrected chi connectivity index (χ4v) is 1.36. The third-order valence-corrected chi connectivity index (χ3v) is 1.98. The maximum atomic E-state index is 10.6. The van der Waals surface area contributed by atoms with Gasteiger partial charge in [-0.05, 0) is 12.5 Å². The number of carboxylic acid groups (broad SMARTS) is 1. The third-order valence-electron chi connectivity index (χ3n) is 1.98. The van der Waals surface area contributed by atoms with Gasteiger partial charge in [0.25, 0.3) is 0 Å². The number of rotatable bonds is 5. The molecule has 0 aromatic heterocycles. The number of hydrogen-bond donors (Lipinski definition) is 1. The number of aliphatic carboxylic acids is 1. The van der Waals surface area contributed by atoms with Gasteiger partial charge in [-0.2, -0.15) is 0 Å². The molecule has 80 valence electrons. The van der Waals surface area contributed by atoms with Gasteiger partial charge >= 0.3 is 5.97 Å². The molecule has 0 aliphatic rings. The van der Waals surface area contributed by atoms with Gasteiger partial charge in [0.15, 0.2) is 0 Å². The van der Waals surface area contributed by atoms with E-state index in [1.165, 1.54) is 0 Å². The van der Waals surface area contributed by atoms with Gasteiger partial charge in [0.05, 0.1) is 13.0 Å². The Labute approximate surface area is 89.0 Å². The van der Waals surface area contributed by atoms with Crippen LogP contribution in [0.25, 0.3) is 5.76 Å². The van der Waals surface area contributed by atoms with Gasteiger partial charge in [-0.25, -0.2) is 0 Å². The molecule has 0 bridgehead atoms. The molecule has 0 aliphatic heterocycles. The van der Waals surface area contributed by atoms with Gasteiger partial charge in [0, 0.05) is 5.56 Å². The molecule has 1 N–H and O–H groups in total. The first kappa shape index (κ1) is 11.3. The summed E-state index contributed by atoms with van der Waals surface area (Å²) >= 11 is 0. The molecule has 0 fully saturated rings. The van der Waals surface area contributed by atoms with E-state index in [0.29, 0.717) is 12.4 Å². The smallest absolute Gasteiger partial charge is 0.307 e. The van der Waals surface area contributed by atoms with Crippen LogP contribution in [-0.2, 0) is 16.0 Å². The largest absolute Gasteiger partial charge is 0.494 e. The summed E-state index contributed by atoms with van der Waals surface area (Å²) < 4.78 is 5.26. The van der Waals surface area contributed by atoms with Crippen LogP contribution in [0.5, 0.6) is 0 Å². The highest BCUT2D eigenvalue weighted by Crippen LogP contribution is 2.19. The van der Waals surface area contributed by atoms with Gasteiger partial charge in [-0.3, -0.25) is 4.79 Å². The SMILES string of the molecule is C=C(OCC)c1ccccc1CC(=O)O. The van der Waals surface area contributed by atoms with Crippen LogP contribution < -0.4 is 0 Å². The van der Waals surface area contributed by atoms with Crippen molar-refractivity contribution >= 4 is 11.7 Å². The second kappa shape index (κ2) is 5.20. The maximum absolute atomic E-state index is 10.6. The van der Waals surface area contributed by atoms with Crippen molar-refractivity contribution in [2.45, 2.75) is 13.3 Å². The summed E-state index contributed by atoms with van der Waals surface area (Å²) in [4.78, 5) is 10.6. The van der Waals surface area contributed by atoms with Crippen molar-refractivity contribution in [2.24, 2.45) is 0 Å². The molecule has 0 amide bonds. The Kier molecular flexibility index (Phi) is 3.92. The lowest BCUT2D eigenvalue weighted by Gasteiger charge is -2.10. The zero-order valence-corrected chi connectivity index (χ0v) is 8.69. The minimum atomic E-state index is -0.855. The van der Waals surface area contributed by atoms with Gasteiger partial charge < -0.3 is 9.84 Å². The normalized spacial score (nSPS) is 9.67. The number of carboxylic acids is 1. The number of hydrogen-bond acceptors (Lipinski definition) is 2. The van der Waals surface area contributed by atoms with Crippen molar-refractivity contribution in [1.82, 2.24) is 0 Å². The van der Waals surface area contributed by atoms with Crippen LogP contribution >= 0.6 is 0 Å². The molecule has 15 heavy (non-hydrogen) atoms. The predicted octanol–water partition coefficient (Wildman–Crippen LogP) is 2.32. The topological polar surface area (TPSA) is 46.5 Å². The van der Waals surface area contributed by atoms with Crippen LogP contribution in [0.2, 0.25) is 0 Å². The minimum absolute atomic E-state index is 0.0116. The minimum Gasteiger partial charge on any atom is -0.494 e. The maximum Gasteiger partial charge on any atom is 0.307 e. The van der Waals surface area contributed by atoms with Crippen molar-refractivity contribution in [2.75, 3.05) is 6.61 Å². The highest BCUT2D eigenvalue weighted by Gasteiger charge is 2.08. The molecule has 3 nitrogen and oxygen atoms in total. The van der Waals surface area contributed by atoms with Crippen LogP contribution in [0.15, 0.2) is 30.8 Å². The monoisotopic (exact) mass is 206 g/mol. The van der Waals surface area contributed by atoms with Gasteiger partial charge in [0.2, 0.25) is 0 Å². The Morgan fingerprint density at radius 3 is 2.73 bits per heavy atom. The molecule has 0 saturated heterocycles. The van der Waals surface area contributed by atoms with Crippen LogP contribution in [0.3, 0.4) is 0 Å².